The molecule has 2 aliphatic heterocycles. The van der Waals surface area contributed by atoms with Gasteiger partial charge in [0.15, 0.2) is 28.6 Å². The van der Waals surface area contributed by atoms with Crippen molar-refractivity contribution < 1.29 is 19.0 Å². The highest BCUT2D eigenvalue weighted by Crippen LogP contribution is 2.35. The number of carbonyl (C=O) groups excluding carboxylic acids is 1. The zero-order valence-electron chi connectivity index (χ0n) is 14.5. The van der Waals surface area contributed by atoms with Gasteiger partial charge in [0.2, 0.25) is 5.91 Å². The maximum Gasteiger partial charge on any atom is 0.233 e. The fraction of sp³-hybridized carbons (Fsp3) is 0.471. The van der Waals surface area contributed by atoms with E-state index in [2.05, 4.69) is 10.2 Å². The molecule has 0 bridgehead atoms. The van der Waals surface area contributed by atoms with Gasteiger partial charge in [-0.2, -0.15) is 0 Å². The van der Waals surface area contributed by atoms with Gasteiger partial charge in [-0.3, -0.25) is 4.79 Å². The zero-order valence-corrected chi connectivity index (χ0v) is 15.3. The second kappa shape index (κ2) is 7.55. The first-order valence-corrected chi connectivity index (χ1v) is 9.47. The number of amides is 1. The van der Waals surface area contributed by atoms with Gasteiger partial charge in [0.1, 0.15) is 6.61 Å². The van der Waals surface area contributed by atoms with Crippen molar-refractivity contribution in [3.8, 4) is 11.5 Å². The Morgan fingerprint density at radius 3 is 2.81 bits per heavy atom. The Morgan fingerprint density at radius 1 is 1.23 bits per heavy atom. The highest BCUT2D eigenvalue weighted by atomic mass is 32.2. The molecule has 1 saturated heterocycles. The van der Waals surface area contributed by atoms with E-state index in [0.717, 1.165) is 5.75 Å². The molecule has 4 rings (SSSR count). The Bertz CT molecular complexity index is 791. The predicted molar refractivity (Wildman–Crippen MR) is 94.4 cm³/mol. The minimum Gasteiger partial charge on any atom is -0.485 e. The van der Waals surface area contributed by atoms with Gasteiger partial charge in [0.05, 0.1) is 19.0 Å². The van der Waals surface area contributed by atoms with Crippen LogP contribution in [0.4, 0.5) is 0 Å². The van der Waals surface area contributed by atoms with E-state index in [1.54, 1.807) is 0 Å². The molecular formula is C17H20N4O4S. The summed E-state index contributed by atoms with van der Waals surface area (Å²) in [6.45, 7) is 2.88. The fourth-order valence-corrected chi connectivity index (χ4v) is 3.73. The third-order valence-electron chi connectivity index (χ3n) is 4.35. The van der Waals surface area contributed by atoms with Gasteiger partial charge in [-0.05, 0) is 12.1 Å². The lowest BCUT2D eigenvalue weighted by atomic mass is 10.2. The molecule has 0 aliphatic carbocycles. The Labute approximate surface area is 155 Å². The van der Waals surface area contributed by atoms with Gasteiger partial charge in [0.25, 0.3) is 0 Å². The third-order valence-corrected chi connectivity index (χ3v) is 5.36. The van der Waals surface area contributed by atoms with Gasteiger partial charge in [-0.1, -0.05) is 23.9 Å². The number of hydrogen-bond donors (Lipinski definition) is 0. The van der Waals surface area contributed by atoms with Crippen LogP contribution in [0.3, 0.4) is 0 Å². The van der Waals surface area contributed by atoms with Crippen molar-refractivity contribution in [1.29, 1.82) is 0 Å². The van der Waals surface area contributed by atoms with Gasteiger partial charge < -0.3 is 23.7 Å². The minimum atomic E-state index is -0.327. The minimum absolute atomic E-state index is 0.0917. The van der Waals surface area contributed by atoms with E-state index in [1.807, 2.05) is 40.8 Å². The molecular weight excluding hydrogens is 356 g/mol. The van der Waals surface area contributed by atoms with Crippen molar-refractivity contribution in [3.63, 3.8) is 0 Å². The first-order valence-electron chi connectivity index (χ1n) is 8.48. The van der Waals surface area contributed by atoms with Crippen LogP contribution < -0.4 is 9.47 Å². The molecule has 1 atom stereocenters. The molecule has 138 valence electrons. The Morgan fingerprint density at radius 2 is 2.00 bits per heavy atom. The molecule has 0 saturated carbocycles. The molecule has 26 heavy (non-hydrogen) atoms. The number of aromatic nitrogens is 3. The molecule has 1 aromatic carbocycles. The van der Waals surface area contributed by atoms with Crippen molar-refractivity contribution in [2.45, 2.75) is 11.3 Å². The highest BCUT2D eigenvalue weighted by molar-refractivity contribution is 7.99. The third kappa shape index (κ3) is 3.49. The topological polar surface area (TPSA) is 78.7 Å². The van der Waals surface area contributed by atoms with Crippen molar-refractivity contribution in [1.82, 2.24) is 19.7 Å². The van der Waals surface area contributed by atoms with Crippen molar-refractivity contribution in [2.75, 3.05) is 38.7 Å². The number of thioether (sulfide) groups is 1. The van der Waals surface area contributed by atoms with Crippen molar-refractivity contribution >= 4 is 17.7 Å². The Balaban J connectivity index is 1.40. The smallest absolute Gasteiger partial charge is 0.233 e. The molecule has 3 heterocycles. The predicted octanol–water partition coefficient (Wildman–Crippen LogP) is 1.28. The van der Waals surface area contributed by atoms with E-state index in [1.165, 1.54) is 11.8 Å². The molecule has 1 unspecified atom stereocenters. The molecule has 9 heteroatoms. The zero-order chi connectivity index (χ0) is 17.9. The van der Waals surface area contributed by atoms with Gasteiger partial charge >= 0.3 is 0 Å². The van der Waals surface area contributed by atoms with Crippen LogP contribution in [0, 0.1) is 0 Å². The first kappa shape index (κ1) is 17.2. The molecule has 0 radical (unpaired) electrons. The number of carbonyl (C=O) groups is 1. The Kier molecular flexibility index (Phi) is 4.98. The molecule has 1 amide bonds. The van der Waals surface area contributed by atoms with Crippen LogP contribution in [-0.2, 0) is 16.6 Å². The van der Waals surface area contributed by atoms with E-state index in [9.17, 15) is 4.79 Å². The molecule has 1 fully saturated rings. The summed E-state index contributed by atoms with van der Waals surface area (Å²) in [6.07, 6.45) is -0.327. The van der Waals surface area contributed by atoms with E-state index in [0.29, 0.717) is 55.4 Å². The lowest BCUT2D eigenvalue weighted by Gasteiger charge is -2.26. The molecule has 1 aromatic heterocycles. The SMILES string of the molecule is Cn1c(SCC(=O)N2CCOCC2)nnc1C1COc2ccccc2O1. The number of rotatable bonds is 4. The van der Waals surface area contributed by atoms with Crippen LogP contribution in [0.25, 0.3) is 0 Å². The lowest BCUT2D eigenvalue weighted by molar-refractivity contribution is -0.132. The number of nitrogens with zero attached hydrogens (tertiary/aromatic N) is 4. The van der Waals surface area contributed by atoms with E-state index in [4.69, 9.17) is 14.2 Å². The quantitative estimate of drug-likeness (QED) is 0.744. The van der Waals surface area contributed by atoms with Gasteiger partial charge in [-0.25, -0.2) is 0 Å². The molecule has 2 aliphatic rings. The first-order chi connectivity index (χ1) is 12.7. The average Bonchev–Trinajstić information content (AvgIpc) is 3.07. The van der Waals surface area contributed by atoms with Gasteiger partial charge in [0, 0.05) is 20.1 Å². The molecule has 0 spiro atoms. The van der Waals surface area contributed by atoms with Crippen LogP contribution in [0.2, 0.25) is 0 Å². The molecule has 2 aromatic rings. The highest BCUT2D eigenvalue weighted by Gasteiger charge is 2.27. The summed E-state index contributed by atoms with van der Waals surface area (Å²) in [5.74, 6) is 2.53. The van der Waals surface area contributed by atoms with E-state index >= 15 is 0 Å². The van der Waals surface area contributed by atoms with E-state index < -0.39 is 0 Å². The second-order valence-corrected chi connectivity index (χ2v) is 6.99. The number of para-hydroxylation sites is 2. The summed E-state index contributed by atoms with van der Waals surface area (Å²) >= 11 is 1.38. The number of hydrogen-bond acceptors (Lipinski definition) is 7. The van der Waals surface area contributed by atoms with Crippen LogP contribution in [0.1, 0.15) is 11.9 Å². The summed E-state index contributed by atoms with van der Waals surface area (Å²) in [5.41, 5.74) is 0. The fourth-order valence-electron chi connectivity index (χ4n) is 2.91. The normalized spacial score (nSPS) is 19.4. The molecule has 8 nitrogen and oxygen atoms in total. The number of morpholine rings is 1. The summed E-state index contributed by atoms with van der Waals surface area (Å²) in [6, 6.07) is 7.56. The van der Waals surface area contributed by atoms with Crippen LogP contribution >= 0.6 is 11.8 Å². The largest absolute Gasteiger partial charge is 0.485 e. The van der Waals surface area contributed by atoms with Crippen molar-refractivity contribution in [3.05, 3.63) is 30.1 Å². The monoisotopic (exact) mass is 376 g/mol. The van der Waals surface area contributed by atoms with Crippen LogP contribution in [0.5, 0.6) is 11.5 Å². The maximum atomic E-state index is 12.3. The maximum absolute atomic E-state index is 12.3. The van der Waals surface area contributed by atoms with Crippen LogP contribution in [-0.4, -0.2) is 64.2 Å². The summed E-state index contributed by atoms with van der Waals surface area (Å²) in [7, 11) is 1.88. The van der Waals surface area contributed by atoms with Crippen LogP contribution in [0.15, 0.2) is 29.4 Å². The summed E-state index contributed by atoms with van der Waals surface area (Å²) in [5, 5.41) is 9.14. The lowest BCUT2D eigenvalue weighted by Crippen LogP contribution is -2.41. The summed E-state index contributed by atoms with van der Waals surface area (Å²) < 4.78 is 18.9. The average molecular weight is 376 g/mol. The number of benzene rings is 1. The van der Waals surface area contributed by atoms with E-state index in [-0.39, 0.29) is 12.0 Å². The molecule has 0 N–H and O–H groups in total. The van der Waals surface area contributed by atoms with Crippen molar-refractivity contribution in [2.24, 2.45) is 7.05 Å². The number of ether oxygens (including phenoxy) is 3. The van der Waals surface area contributed by atoms with Gasteiger partial charge in [-0.15, -0.1) is 10.2 Å². The second-order valence-electron chi connectivity index (χ2n) is 6.05. The standard InChI is InChI=1S/C17H20N4O4S/c1-20-16(14-10-24-12-4-2-3-5-13(12)25-14)18-19-17(20)26-11-15(22)21-6-8-23-9-7-21/h2-5,14H,6-11H2,1H3. The Hall–Kier alpha value is -2.26. The number of fused-ring (bicyclic) bond motifs is 1. The summed E-state index contributed by atoms with van der Waals surface area (Å²) in [4.78, 5) is 14.1.